The zero-order valence-electron chi connectivity index (χ0n) is 9.82. The van der Waals surface area contributed by atoms with Crippen LogP contribution in [0.4, 0.5) is 0 Å². The minimum Gasteiger partial charge on any atom is -0.370 e. The van der Waals surface area contributed by atoms with Gasteiger partial charge in [0.05, 0.1) is 6.54 Å². The average molecular weight is 220 g/mol. The standard InChI is InChI=1S/C12H20N4/c1-16-6-5-11(9-16)8-15-12(13)14-7-10-3-2-4-10/h5-6,9-10H,2-4,7-8H2,1H3,(H3,13,14,15). The number of aliphatic imine (C=N–C) groups is 1. The van der Waals surface area contributed by atoms with Crippen LogP contribution in [0.2, 0.25) is 0 Å². The molecular formula is C12H20N4. The zero-order valence-corrected chi connectivity index (χ0v) is 9.82. The summed E-state index contributed by atoms with van der Waals surface area (Å²) in [5.74, 6) is 1.38. The van der Waals surface area contributed by atoms with Crippen LogP contribution in [0.25, 0.3) is 0 Å². The van der Waals surface area contributed by atoms with Crippen LogP contribution in [0.3, 0.4) is 0 Å². The molecule has 3 N–H and O–H groups in total. The van der Waals surface area contributed by atoms with Crippen LogP contribution in [0, 0.1) is 5.92 Å². The van der Waals surface area contributed by atoms with Gasteiger partial charge in [-0.25, -0.2) is 4.99 Å². The molecule has 2 rings (SSSR count). The smallest absolute Gasteiger partial charge is 0.188 e. The monoisotopic (exact) mass is 220 g/mol. The third-order valence-electron chi connectivity index (χ3n) is 3.12. The molecule has 4 heteroatoms. The number of aromatic nitrogens is 1. The number of hydrogen-bond acceptors (Lipinski definition) is 1. The molecular weight excluding hydrogens is 200 g/mol. The predicted octanol–water partition coefficient (Wildman–Crippen LogP) is 1.23. The SMILES string of the molecule is Cn1ccc(CN=C(N)NCC2CCC2)c1. The van der Waals surface area contributed by atoms with E-state index in [1.807, 2.05) is 17.8 Å². The summed E-state index contributed by atoms with van der Waals surface area (Å²) in [6, 6.07) is 2.06. The Morgan fingerprint density at radius 1 is 1.62 bits per heavy atom. The maximum atomic E-state index is 5.79. The minimum atomic E-state index is 0.566. The first-order valence-electron chi connectivity index (χ1n) is 5.88. The number of nitrogens with one attached hydrogen (secondary N) is 1. The van der Waals surface area contributed by atoms with Crippen LogP contribution in [-0.2, 0) is 13.6 Å². The van der Waals surface area contributed by atoms with Crippen molar-refractivity contribution in [3.05, 3.63) is 24.0 Å². The lowest BCUT2D eigenvalue weighted by Gasteiger charge is -2.25. The second-order valence-electron chi connectivity index (χ2n) is 4.56. The summed E-state index contributed by atoms with van der Waals surface area (Å²) in [5, 5.41) is 3.18. The van der Waals surface area contributed by atoms with E-state index in [1.54, 1.807) is 0 Å². The van der Waals surface area contributed by atoms with Crippen LogP contribution in [0.15, 0.2) is 23.5 Å². The molecule has 0 bridgehead atoms. The Morgan fingerprint density at radius 3 is 3.00 bits per heavy atom. The van der Waals surface area contributed by atoms with Crippen molar-refractivity contribution >= 4 is 5.96 Å². The quantitative estimate of drug-likeness (QED) is 0.592. The molecule has 1 aromatic heterocycles. The number of aryl methyl sites for hydroxylation is 1. The molecule has 1 fully saturated rings. The molecule has 1 saturated carbocycles. The van der Waals surface area contributed by atoms with Gasteiger partial charge < -0.3 is 15.6 Å². The average Bonchev–Trinajstić information content (AvgIpc) is 2.59. The predicted molar refractivity (Wildman–Crippen MR) is 66.1 cm³/mol. The van der Waals surface area contributed by atoms with Crippen molar-refractivity contribution < 1.29 is 0 Å². The summed E-state index contributed by atoms with van der Waals surface area (Å²) < 4.78 is 2.02. The van der Waals surface area contributed by atoms with Gasteiger partial charge in [-0.3, -0.25) is 0 Å². The maximum absolute atomic E-state index is 5.79. The summed E-state index contributed by atoms with van der Waals surface area (Å²) in [7, 11) is 2.01. The van der Waals surface area contributed by atoms with Crippen molar-refractivity contribution in [2.75, 3.05) is 6.54 Å². The highest BCUT2D eigenvalue weighted by Gasteiger charge is 2.16. The molecule has 0 amide bonds. The van der Waals surface area contributed by atoms with E-state index in [0.717, 1.165) is 12.5 Å². The molecule has 0 spiro atoms. The second-order valence-corrected chi connectivity index (χ2v) is 4.56. The molecule has 1 aromatic rings. The van der Waals surface area contributed by atoms with E-state index in [2.05, 4.69) is 22.6 Å². The fourth-order valence-electron chi connectivity index (χ4n) is 1.83. The van der Waals surface area contributed by atoms with Gasteiger partial charge in [0.2, 0.25) is 0 Å². The van der Waals surface area contributed by atoms with Crippen LogP contribution in [0.5, 0.6) is 0 Å². The highest BCUT2D eigenvalue weighted by molar-refractivity contribution is 5.77. The first kappa shape index (κ1) is 11.0. The van der Waals surface area contributed by atoms with E-state index in [9.17, 15) is 0 Å². The van der Waals surface area contributed by atoms with E-state index in [0.29, 0.717) is 12.5 Å². The highest BCUT2D eigenvalue weighted by Crippen LogP contribution is 2.24. The fraction of sp³-hybridized carbons (Fsp3) is 0.583. The number of rotatable bonds is 4. The van der Waals surface area contributed by atoms with Crippen LogP contribution < -0.4 is 11.1 Å². The van der Waals surface area contributed by atoms with Crippen molar-refractivity contribution in [2.45, 2.75) is 25.8 Å². The molecule has 0 aromatic carbocycles. The van der Waals surface area contributed by atoms with Crippen molar-refractivity contribution in [3.63, 3.8) is 0 Å². The molecule has 0 radical (unpaired) electrons. The van der Waals surface area contributed by atoms with Gasteiger partial charge in [0, 0.05) is 26.0 Å². The Morgan fingerprint density at radius 2 is 2.44 bits per heavy atom. The first-order valence-corrected chi connectivity index (χ1v) is 5.88. The van der Waals surface area contributed by atoms with E-state index >= 15 is 0 Å². The first-order chi connectivity index (χ1) is 7.74. The zero-order chi connectivity index (χ0) is 11.4. The minimum absolute atomic E-state index is 0.566. The van der Waals surface area contributed by atoms with Crippen molar-refractivity contribution in [2.24, 2.45) is 23.7 Å². The number of hydrogen-bond donors (Lipinski definition) is 2. The Hall–Kier alpha value is -1.45. The summed E-state index contributed by atoms with van der Waals surface area (Å²) in [6.07, 6.45) is 8.11. The number of guanidine groups is 1. The summed E-state index contributed by atoms with van der Waals surface area (Å²) in [4.78, 5) is 4.31. The second kappa shape index (κ2) is 5.05. The molecule has 16 heavy (non-hydrogen) atoms. The summed E-state index contributed by atoms with van der Waals surface area (Å²) >= 11 is 0. The van der Waals surface area contributed by atoms with Crippen LogP contribution >= 0.6 is 0 Å². The van der Waals surface area contributed by atoms with E-state index in [4.69, 9.17) is 5.73 Å². The highest BCUT2D eigenvalue weighted by atomic mass is 15.1. The van der Waals surface area contributed by atoms with Gasteiger partial charge in [-0.2, -0.15) is 0 Å². The third-order valence-corrected chi connectivity index (χ3v) is 3.12. The van der Waals surface area contributed by atoms with Gasteiger partial charge in [-0.15, -0.1) is 0 Å². The van der Waals surface area contributed by atoms with Gasteiger partial charge in [0.15, 0.2) is 5.96 Å². The van der Waals surface area contributed by atoms with E-state index < -0.39 is 0 Å². The molecule has 4 nitrogen and oxygen atoms in total. The maximum Gasteiger partial charge on any atom is 0.188 e. The summed E-state index contributed by atoms with van der Waals surface area (Å²) in [6.45, 7) is 1.63. The van der Waals surface area contributed by atoms with Crippen LogP contribution in [0.1, 0.15) is 24.8 Å². The third kappa shape index (κ3) is 3.02. The molecule has 0 saturated heterocycles. The molecule has 1 aliphatic carbocycles. The number of nitrogens with zero attached hydrogens (tertiary/aromatic N) is 2. The Kier molecular flexibility index (Phi) is 3.49. The van der Waals surface area contributed by atoms with Gasteiger partial charge in [0.25, 0.3) is 0 Å². The molecule has 1 aliphatic rings. The molecule has 1 heterocycles. The van der Waals surface area contributed by atoms with E-state index in [1.165, 1.54) is 24.8 Å². The summed E-state index contributed by atoms with van der Waals surface area (Å²) in [5.41, 5.74) is 6.98. The Bertz CT molecular complexity index is 363. The molecule has 0 aliphatic heterocycles. The number of nitrogens with two attached hydrogens (primary N) is 1. The van der Waals surface area contributed by atoms with Crippen molar-refractivity contribution in [3.8, 4) is 0 Å². The lowest BCUT2D eigenvalue weighted by Crippen LogP contribution is -2.37. The molecule has 0 atom stereocenters. The van der Waals surface area contributed by atoms with Crippen molar-refractivity contribution in [1.29, 1.82) is 0 Å². The fourth-order valence-corrected chi connectivity index (χ4v) is 1.83. The normalized spacial score (nSPS) is 17.2. The Labute approximate surface area is 96.5 Å². The van der Waals surface area contributed by atoms with Crippen LogP contribution in [-0.4, -0.2) is 17.1 Å². The lowest BCUT2D eigenvalue weighted by atomic mass is 9.85. The van der Waals surface area contributed by atoms with Gasteiger partial charge >= 0.3 is 0 Å². The van der Waals surface area contributed by atoms with Gasteiger partial charge in [-0.05, 0) is 30.4 Å². The van der Waals surface area contributed by atoms with E-state index in [-0.39, 0.29) is 0 Å². The molecule has 0 unspecified atom stereocenters. The topological polar surface area (TPSA) is 55.3 Å². The largest absolute Gasteiger partial charge is 0.370 e. The van der Waals surface area contributed by atoms with Gasteiger partial charge in [-0.1, -0.05) is 6.42 Å². The van der Waals surface area contributed by atoms with Crippen molar-refractivity contribution in [1.82, 2.24) is 9.88 Å². The lowest BCUT2D eigenvalue weighted by molar-refractivity contribution is 0.315. The molecule has 88 valence electrons. The van der Waals surface area contributed by atoms with Gasteiger partial charge in [0.1, 0.15) is 0 Å². The Balaban J connectivity index is 1.73.